The first kappa shape index (κ1) is 8.53. The summed E-state index contributed by atoms with van der Waals surface area (Å²) in [6.07, 6.45) is 2.77. The van der Waals surface area contributed by atoms with Gasteiger partial charge in [0.05, 0.1) is 0 Å². The van der Waals surface area contributed by atoms with E-state index in [9.17, 15) is 0 Å². The second-order valence-corrected chi connectivity index (χ2v) is 3.31. The van der Waals surface area contributed by atoms with Crippen LogP contribution in [0.25, 0.3) is 0 Å². The molecule has 0 aliphatic heterocycles. The molecule has 0 unspecified atom stereocenters. The van der Waals surface area contributed by atoms with Gasteiger partial charge in [0.2, 0.25) is 5.28 Å². The average molecular weight is 174 g/mol. The molecular weight excluding hydrogens is 162 g/mol. The largest absolute Gasteiger partial charge is 0.304 e. The zero-order valence-electron chi connectivity index (χ0n) is 6.79. The van der Waals surface area contributed by atoms with Gasteiger partial charge in [-0.05, 0) is 23.9 Å². The highest BCUT2D eigenvalue weighted by molar-refractivity contribution is 6.28. The fourth-order valence-corrected chi connectivity index (χ4v) is 0.960. The van der Waals surface area contributed by atoms with E-state index in [-0.39, 0.29) is 0 Å². The molecule has 11 heavy (non-hydrogen) atoms. The predicted octanol–water partition coefficient (Wildman–Crippen LogP) is 1.98. The minimum Gasteiger partial charge on any atom is -0.304 e. The smallest absolute Gasteiger partial charge is 0.224 e. The lowest BCUT2D eigenvalue weighted by atomic mass is 10.1. The topological polar surface area (TPSA) is 30.7 Å². The monoisotopic (exact) mass is 173 g/mol. The minimum absolute atomic E-state index is 0.477. The second kappa shape index (κ2) is 3.72. The first-order valence-corrected chi connectivity index (χ1v) is 4.11. The summed E-state index contributed by atoms with van der Waals surface area (Å²) in [5.41, 5.74) is 0. The summed E-state index contributed by atoms with van der Waals surface area (Å²) >= 11 is 5.71. The Balaban J connectivity index is 2.44. The molecule has 1 aromatic rings. The zero-order chi connectivity index (χ0) is 8.27. The Hall–Kier alpha value is -0.570. The third kappa shape index (κ3) is 2.50. The summed E-state index contributed by atoms with van der Waals surface area (Å²) in [6, 6.07) is 0. The third-order valence-corrected chi connectivity index (χ3v) is 1.81. The Morgan fingerprint density at radius 1 is 1.64 bits per heavy atom. The molecule has 1 heterocycles. The number of nitrogens with zero attached hydrogens (tertiary/aromatic N) is 3. The zero-order valence-corrected chi connectivity index (χ0v) is 7.54. The van der Waals surface area contributed by atoms with Crippen molar-refractivity contribution in [3.8, 4) is 0 Å². The molecule has 0 saturated heterocycles. The maximum absolute atomic E-state index is 5.71. The summed E-state index contributed by atoms with van der Waals surface area (Å²) in [7, 11) is 0. The number of aromatic nitrogens is 3. The molecule has 0 atom stereocenters. The molecule has 0 aromatic carbocycles. The SMILES string of the molecule is CC(C)CCn1cnnc1Cl. The normalized spacial score (nSPS) is 10.9. The molecule has 0 radical (unpaired) electrons. The maximum atomic E-state index is 5.71. The second-order valence-electron chi connectivity index (χ2n) is 2.98. The highest BCUT2D eigenvalue weighted by Crippen LogP contribution is 2.07. The van der Waals surface area contributed by atoms with E-state index in [0.29, 0.717) is 11.2 Å². The summed E-state index contributed by atoms with van der Waals surface area (Å²) in [5, 5.41) is 7.83. The Morgan fingerprint density at radius 3 is 2.82 bits per heavy atom. The summed E-state index contributed by atoms with van der Waals surface area (Å²) in [5.74, 6) is 0.688. The first-order chi connectivity index (χ1) is 5.20. The molecule has 0 saturated carbocycles. The van der Waals surface area contributed by atoms with Crippen molar-refractivity contribution in [2.45, 2.75) is 26.8 Å². The van der Waals surface area contributed by atoms with Crippen LogP contribution in [-0.4, -0.2) is 14.8 Å². The van der Waals surface area contributed by atoms with Crippen LogP contribution in [0.15, 0.2) is 6.33 Å². The molecule has 0 amide bonds. The van der Waals surface area contributed by atoms with Gasteiger partial charge >= 0.3 is 0 Å². The van der Waals surface area contributed by atoms with E-state index in [1.54, 1.807) is 6.33 Å². The van der Waals surface area contributed by atoms with Gasteiger partial charge in [-0.3, -0.25) is 0 Å². The molecule has 62 valence electrons. The van der Waals surface area contributed by atoms with Crippen LogP contribution in [0.3, 0.4) is 0 Å². The lowest BCUT2D eigenvalue weighted by Crippen LogP contribution is -2.00. The van der Waals surface area contributed by atoms with Crippen LogP contribution in [0.1, 0.15) is 20.3 Å². The molecule has 0 bridgehead atoms. The number of halogens is 1. The fourth-order valence-electron chi connectivity index (χ4n) is 0.788. The van der Waals surface area contributed by atoms with Crippen molar-refractivity contribution in [3.05, 3.63) is 11.6 Å². The molecule has 3 nitrogen and oxygen atoms in total. The van der Waals surface area contributed by atoms with Crippen LogP contribution in [-0.2, 0) is 6.54 Å². The molecule has 1 aromatic heterocycles. The minimum atomic E-state index is 0.477. The van der Waals surface area contributed by atoms with Crippen molar-refractivity contribution in [3.63, 3.8) is 0 Å². The molecule has 0 aliphatic carbocycles. The van der Waals surface area contributed by atoms with E-state index in [2.05, 4.69) is 24.0 Å². The van der Waals surface area contributed by atoms with E-state index in [1.807, 2.05) is 4.57 Å². The molecule has 0 aliphatic rings. The summed E-state index contributed by atoms with van der Waals surface area (Å²) in [4.78, 5) is 0. The van der Waals surface area contributed by atoms with Gasteiger partial charge in [0, 0.05) is 6.54 Å². The maximum Gasteiger partial charge on any atom is 0.224 e. The standard InChI is InChI=1S/C7H12ClN3/c1-6(2)3-4-11-5-9-10-7(11)8/h5-6H,3-4H2,1-2H3. The Labute approximate surface area is 71.4 Å². The quantitative estimate of drug-likeness (QED) is 0.700. The Morgan fingerprint density at radius 2 is 2.36 bits per heavy atom. The van der Waals surface area contributed by atoms with Crippen molar-refractivity contribution in [2.24, 2.45) is 5.92 Å². The van der Waals surface area contributed by atoms with Gasteiger partial charge < -0.3 is 4.57 Å². The van der Waals surface area contributed by atoms with Gasteiger partial charge in [-0.15, -0.1) is 10.2 Å². The van der Waals surface area contributed by atoms with Crippen LogP contribution >= 0.6 is 11.6 Å². The van der Waals surface area contributed by atoms with Crippen LogP contribution < -0.4 is 0 Å². The Bertz CT molecular complexity index is 219. The van der Waals surface area contributed by atoms with Gasteiger partial charge in [-0.1, -0.05) is 13.8 Å². The van der Waals surface area contributed by atoms with Gasteiger partial charge in [0.25, 0.3) is 0 Å². The molecule has 1 rings (SSSR count). The molecule has 0 N–H and O–H groups in total. The van der Waals surface area contributed by atoms with E-state index >= 15 is 0 Å². The highest BCUT2D eigenvalue weighted by Gasteiger charge is 2.00. The van der Waals surface area contributed by atoms with Crippen LogP contribution in [0.4, 0.5) is 0 Å². The Kier molecular flexibility index (Phi) is 2.88. The van der Waals surface area contributed by atoms with E-state index < -0.39 is 0 Å². The van der Waals surface area contributed by atoms with Crippen molar-refractivity contribution < 1.29 is 0 Å². The number of rotatable bonds is 3. The molecule has 0 spiro atoms. The number of aryl methyl sites for hydroxylation is 1. The van der Waals surface area contributed by atoms with Crippen molar-refractivity contribution in [1.29, 1.82) is 0 Å². The van der Waals surface area contributed by atoms with Gasteiger partial charge in [0.1, 0.15) is 6.33 Å². The summed E-state index contributed by atoms with van der Waals surface area (Å²) in [6.45, 7) is 5.26. The molecular formula is C7H12ClN3. The van der Waals surface area contributed by atoms with E-state index in [4.69, 9.17) is 11.6 Å². The van der Waals surface area contributed by atoms with Crippen LogP contribution in [0.2, 0.25) is 5.28 Å². The fraction of sp³-hybridized carbons (Fsp3) is 0.714. The van der Waals surface area contributed by atoms with Gasteiger partial charge in [-0.25, -0.2) is 0 Å². The lowest BCUT2D eigenvalue weighted by molar-refractivity contribution is 0.516. The van der Waals surface area contributed by atoms with Crippen molar-refractivity contribution in [1.82, 2.24) is 14.8 Å². The molecule has 4 heteroatoms. The van der Waals surface area contributed by atoms with Crippen LogP contribution in [0.5, 0.6) is 0 Å². The average Bonchev–Trinajstić information content (AvgIpc) is 2.31. The third-order valence-electron chi connectivity index (χ3n) is 1.52. The van der Waals surface area contributed by atoms with Crippen LogP contribution in [0, 0.1) is 5.92 Å². The predicted molar refractivity (Wildman–Crippen MR) is 44.5 cm³/mol. The van der Waals surface area contributed by atoms with Gasteiger partial charge in [-0.2, -0.15) is 0 Å². The summed E-state index contributed by atoms with van der Waals surface area (Å²) < 4.78 is 1.85. The van der Waals surface area contributed by atoms with E-state index in [1.165, 1.54) is 0 Å². The van der Waals surface area contributed by atoms with E-state index in [0.717, 1.165) is 13.0 Å². The number of hydrogen-bond donors (Lipinski definition) is 0. The van der Waals surface area contributed by atoms with Crippen molar-refractivity contribution in [2.75, 3.05) is 0 Å². The van der Waals surface area contributed by atoms with Crippen molar-refractivity contribution >= 4 is 11.6 Å². The lowest BCUT2D eigenvalue weighted by Gasteiger charge is -2.04. The molecule has 0 fully saturated rings. The number of hydrogen-bond acceptors (Lipinski definition) is 2. The first-order valence-electron chi connectivity index (χ1n) is 3.73. The van der Waals surface area contributed by atoms with Gasteiger partial charge in [0.15, 0.2) is 0 Å². The highest BCUT2D eigenvalue weighted by atomic mass is 35.5.